The molecule has 2 aromatic carbocycles. The number of aryl methyl sites for hydroxylation is 2. The Hall–Kier alpha value is -5.30. The van der Waals surface area contributed by atoms with Crippen LogP contribution in [0.2, 0.25) is 5.02 Å². The molecule has 48 heavy (non-hydrogen) atoms. The predicted molar refractivity (Wildman–Crippen MR) is 175 cm³/mol. The van der Waals surface area contributed by atoms with Crippen LogP contribution >= 0.6 is 11.6 Å². The van der Waals surface area contributed by atoms with Crippen LogP contribution in [0.25, 0.3) is 5.65 Å². The lowest BCUT2D eigenvalue weighted by Gasteiger charge is -2.22. The normalized spacial score (nSPS) is 16.6. The van der Waals surface area contributed by atoms with Crippen LogP contribution in [0.15, 0.2) is 73.1 Å². The Balaban J connectivity index is 1.25. The minimum atomic E-state index is -0.896. The van der Waals surface area contributed by atoms with Crippen molar-refractivity contribution in [2.24, 2.45) is 0 Å². The summed E-state index contributed by atoms with van der Waals surface area (Å²) in [5, 5.41) is 14.4. The fourth-order valence-electron chi connectivity index (χ4n) is 5.44. The van der Waals surface area contributed by atoms with E-state index in [1.807, 2.05) is 37.3 Å². The van der Waals surface area contributed by atoms with Gasteiger partial charge in [-0.1, -0.05) is 47.1 Å². The highest BCUT2D eigenvalue weighted by Crippen LogP contribution is 2.26. The van der Waals surface area contributed by atoms with Crippen molar-refractivity contribution in [3.63, 3.8) is 0 Å². The molecule has 7 rings (SSSR count). The largest absolute Gasteiger partial charge is 0.492 e. The van der Waals surface area contributed by atoms with E-state index in [-0.39, 0.29) is 42.3 Å². The quantitative estimate of drug-likeness (QED) is 0.296. The summed E-state index contributed by atoms with van der Waals surface area (Å²) in [4.78, 5) is 46.2. The van der Waals surface area contributed by atoms with Crippen molar-refractivity contribution < 1.29 is 23.5 Å². The first kappa shape index (κ1) is 32.6. The molecule has 248 valence electrons. The molecular formula is C34H34ClFN8O4. The number of hydrogen-bond donors (Lipinski definition) is 2. The van der Waals surface area contributed by atoms with Crippen molar-refractivity contribution in [2.45, 2.75) is 45.3 Å². The maximum atomic E-state index is 15.4. The molecule has 3 aromatic heterocycles. The molecule has 5 aromatic rings. The van der Waals surface area contributed by atoms with E-state index in [1.165, 1.54) is 21.6 Å². The van der Waals surface area contributed by atoms with Gasteiger partial charge in [-0.3, -0.25) is 23.5 Å². The minimum absolute atomic E-state index is 0.0457. The number of halogens is 2. The summed E-state index contributed by atoms with van der Waals surface area (Å²) in [5.74, 6) is -1.82. The summed E-state index contributed by atoms with van der Waals surface area (Å²) < 4.78 is 24.1. The Morgan fingerprint density at radius 2 is 1.92 bits per heavy atom. The molecule has 2 aliphatic heterocycles. The molecule has 12 nitrogen and oxygen atoms in total. The highest BCUT2D eigenvalue weighted by Gasteiger charge is 2.26. The number of nitrogens with one attached hydrogen (secondary N) is 2. The van der Waals surface area contributed by atoms with Gasteiger partial charge in [-0.25, -0.2) is 4.98 Å². The molecule has 1 atom stereocenters. The van der Waals surface area contributed by atoms with E-state index in [1.54, 1.807) is 35.1 Å². The third kappa shape index (κ3) is 7.63. The smallest absolute Gasteiger partial charge is 0.277 e. The van der Waals surface area contributed by atoms with E-state index < -0.39 is 29.7 Å². The maximum Gasteiger partial charge on any atom is 0.277 e. The summed E-state index contributed by atoms with van der Waals surface area (Å²) in [6.07, 6.45) is 4.42. The number of ether oxygens (including phenoxy) is 1. The first-order valence-electron chi connectivity index (χ1n) is 15.6. The van der Waals surface area contributed by atoms with Crippen LogP contribution in [0.5, 0.6) is 5.75 Å². The molecule has 0 fully saturated rings. The Bertz CT molecular complexity index is 1950. The van der Waals surface area contributed by atoms with Gasteiger partial charge in [0, 0.05) is 44.2 Å². The Labute approximate surface area is 280 Å². The van der Waals surface area contributed by atoms with Gasteiger partial charge in [0.15, 0.2) is 5.69 Å². The topological polar surface area (TPSA) is 136 Å². The van der Waals surface area contributed by atoms with Gasteiger partial charge in [-0.15, -0.1) is 5.10 Å². The maximum absolute atomic E-state index is 15.4. The Morgan fingerprint density at radius 3 is 2.73 bits per heavy atom. The lowest BCUT2D eigenvalue weighted by Crippen LogP contribution is -2.48. The lowest BCUT2D eigenvalue weighted by atomic mass is 10.0. The van der Waals surface area contributed by atoms with Crippen LogP contribution in [0, 0.1) is 12.9 Å². The number of imidazole rings is 1. The molecule has 0 unspecified atom stereocenters. The Kier molecular flexibility index (Phi) is 9.95. The number of rotatable bonds is 3. The standard InChI is InChI=1S/C34H34ClFN8O4/c1-22-11-15-44-29(17-22)39-30(31(44)36)34(47)42-13-5-12-37-33(46)27(18-23-7-3-2-4-8-23)38-32(45)24-9-10-28(26(35)19-24)48-16-6-14-43-21-25(20-42)40-41-43/h2-4,7-11,15,17,19,21,27H,5-6,12-14,16,18,20H2,1H3,(H,37,46)(H,38,45)/t27-/m0/s1. The van der Waals surface area contributed by atoms with Crippen LogP contribution in [0.4, 0.5) is 4.39 Å². The van der Waals surface area contributed by atoms with Crippen molar-refractivity contribution in [3.8, 4) is 5.75 Å². The van der Waals surface area contributed by atoms with Crippen molar-refractivity contribution in [1.82, 2.24) is 39.9 Å². The average molecular weight is 673 g/mol. The molecule has 0 radical (unpaired) electrons. The number of fused-ring (bicyclic) bond motifs is 15. The van der Waals surface area contributed by atoms with Crippen LogP contribution in [0.1, 0.15) is 50.5 Å². The Morgan fingerprint density at radius 1 is 1.08 bits per heavy atom. The van der Waals surface area contributed by atoms with Gasteiger partial charge in [0.2, 0.25) is 11.9 Å². The second-order valence-electron chi connectivity index (χ2n) is 11.6. The highest BCUT2D eigenvalue weighted by molar-refractivity contribution is 6.32. The van der Waals surface area contributed by atoms with Gasteiger partial charge in [-0.2, -0.15) is 4.39 Å². The fourth-order valence-corrected chi connectivity index (χ4v) is 5.68. The molecule has 0 saturated carbocycles. The number of nitrogens with zero attached hydrogens (tertiary/aromatic N) is 6. The average Bonchev–Trinajstić information content (AvgIpc) is 3.67. The minimum Gasteiger partial charge on any atom is -0.492 e. The van der Waals surface area contributed by atoms with E-state index in [9.17, 15) is 14.4 Å². The fraction of sp³-hybridized carbons (Fsp3) is 0.294. The number of aromatic nitrogens is 5. The van der Waals surface area contributed by atoms with E-state index in [4.69, 9.17) is 16.3 Å². The number of hydrogen-bond acceptors (Lipinski definition) is 7. The van der Waals surface area contributed by atoms with Crippen molar-refractivity contribution in [2.75, 3.05) is 19.7 Å². The van der Waals surface area contributed by atoms with E-state index >= 15 is 4.39 Å². The molecule has 5 heterocycles. The molecule has 4 bridgehead atoms. The summed E-state index contributed by atoms with van der Waals surface area (Å²) in [6.45, 7) is 3.04. The van der Waals surface area contributed by atoms with E-state index in [0.717, 1.165) is 11.1 Å². The van der Waals surface area contributed by atoms with Crippen LogP contribution in [0.3, 0.4) is 0 Å². The van der Waals surface area contributed by atoms with Gasteiger partial charge in [-0.05, 0) is 54.8 Å². The van der Waals surface area contributed by atoms with Crippen LogP contribution in [-0.4, -0.2) is 72.7 Å². The first-order chi connectivity index (χ1) is 23.2. The molecule has 2 aliphatic rings. The van der Waals surface area contributed by atoms with Gasteiger partial charge in [0.25, 0.3) is 11.8 Å². The van der Waals surface area contributed by atoms with Crippen molar-refractivity contribution in [1.29, 1.82) is 0 Å². The molecule has 0 aliphatic carbocycles. The van der Waals surface area contributed by atoms with E-state index in [2.05, 4.69) is 25.9 Å². The zero-order chi connectivity index (χ0) is 33.6. The highest BCUT2D eigenvalue weighted by atomic mass is 35.5. The number of carbonyl (C=O) groups is 3. The summed E-state index contributed by atoms with van der Waals surface area (Å²) in [7, 11) is 0. The summed E-state index contributed by atoms with van der Waals surface area (Å²) in [6, 6.07) is 16.6. The third-order valence-electron chi connectivity index (χ3n) is 7.94. The molecule has 0 saturated heterocycles. The van der Waals surface area contributed by atoms with Gasteiger partial charge < -0.3 is 20.3 Å². The molecule has 2 N–H and O–H groups in total. The first-order valence-corrected chi connectivity index (χ1v) is 16.0. The lowest BCUT2D eigenvalue weighted by molar-refractivity contribution is -0.122. The number of amides is 3. The monoisotopic (exact) mass is 672 g/mol. The second-order valence-corrected chi connectivity index (χ2v) is 12.0. The van der Waals surface area contributed by atoms with E-state index in [0.29, 0.717) is 43.1 Å². The molecular weight excluding hydrogens is 639 g/mol. The summed E-state index contributed by atoms with van der Waals surface area (Å²) in [5.41, 5.74) is 2.54. The number of carbonyl (C=O) groups excluding carboxylic acids is 3. The van der Waals surface area contributed by atoms with Gasteiger partial charge in [0.05, 0.1) is 24.4 Å². The number of pyridine rings is 1. The zero-order valence-corrected chi connectivity index (χ0v) is 27.0. The van der Waals surface area contributed by atoms with Gasteiger partial charge in [0.1, 0.15) is 23.1 Å². The zero-order valence-electron chi connectivity index (χ0n) is 26.2. The third-order valence-corrected chi connectivity index (χ3v) is 8.24. The van der Waals surface area contributed by atoms with Crippen molar-refractivity contribution in [3.05, 3.63) is 112 Å². The number of benzene rings is 2. The van der Waals surface area contributed by atoms with Gasteiger partial charge >= 0.3 is 0 Å². The molecule has 0 spiro atoms. The SMILES string of the molecule is Cc1ccn2c(F)c(C(=O)N3CCCNC(=O)[C@H](Cc4ccccc4)NC(=O)c4ccc(c(Cl)c4)OCCCn4cc(nn4)C3)nc2c1. The van der Waals surface area contributed by atoms with Crippen LogP contribution in [-0.2, 0) is 24.3 Å². The second kappa shape index (κ2) is 14.6. The molecule has 14 heteroatoms. The predicted octanol–water partition coefficient (Wildman–Crippen LogP) is 4.00. The summed E-state index contributed by atoms with van der Waals surface area (Å²) >= 11 is 6.45. The molecule has 3 amide bonds. The van der Waals surface area contributed by atoms with Crippen LogP contribution < -0.4 is 15.4 Å². The van der Waals surface area contributed by atoms with Crippen molar-refractivity contribution >= 4 is 35.0 Å².